The Labute approximate surface area is 247 Å². The number of nitrogens with zero attached hydrogens (tertiary/aromatic N) is 2. The molecule has 1 saturated heterocycles. The summed E-state index contributed by atoms with van der Waals surface area (Å²) in [5.41, 5.74) is 3.16. The molecule has 2 aromatic rings. The highest BCUT2D eigenvalue weighted by molar-refractivity contribution is 6.03. The second-order valence-corrected chi connectivity index (χ2v) is 11.8. The van der Waals surface area contributed by atoms with Crippen LogP contribution in [0.4, 0.5) is 10.1 Å². The standard InChI is InChI=1S/C32H42FN3O6/c1-6-40-25-16-21-17-36(31(34)27(21)28(33)30(25)41-7-2)18-22(37)11-10-20-14-23(32(3,4)5)29(42-19-26(38)39)24(15-20)35-12-8-9-13-35/h14-16,34H,6-13,17-19H2,1-5H3,(H,38,39). The molecule has 2 aromatic carbocycles. The van der Waals surface area contributed by atoms with Crippen LogP contribution >= 0.6 is 0 Å². The van der Waals surface area contributed by atoms with Gasteiger partial charge in [-0.3, -0.25) is 10.2 Å². The van der Waals surface area contributed by atoms with Gasteiger partial charge in [0.25, 0.3) is 0 Å². The number of aryl methyl sites for hydroxylation is 1. The predicted octanol–water partition coefficient (Wildman–Crippen LogP) is 5.33. The first-order valence-electron chi connectivity index (χ1n) is 14.7. The molecule has 0 radical (unpaired) electrons. The number of carboxylic acid groups (broad SMARTS) is 1. The fourth-order valence-corrected chi connectivity index (χ4v) is 5.59. The highest BCUT2D eigenvalue weighted by Crippen LogP contribution is 2.42. The van der Waals surface area contributed by atoms with Crippen molar-refractivity contribution >= 4 is 23.3 Å². The lowest BCUT2D eigenvalue weighted by molar-refractivity contribution is -0.139. The number of hydrogen-bond donors (Lipinski definition) is 2. The largest absolute Gasteiger partial charge is 0.490 e. The highest BCUT2D eigenvalue weighted by Gasteiger charge is 2.33. The van der Waals surface area contributed by atoms with Gasteiger partial charge in [0, 0.05) is 31.6 Å². The van der Waals surface area contributed by atoms with Crippen LogP contribution in [0.2, 0.25) is 0 Å². The lowest BCUT2D eigenvalue weighted by atomic mass is 9.84. The summed E-state index contributed by atoms with van der Waals surface area (Å²) in [6, 6.07) is 5.73. The fraction of sp³-hybridized carbons (Fsp3) is 0.531. The van der Waals surface area contributed by atoms with Crippen LogP contribution in [0.15, 0.2) is 18.2 Å². The molecule has 1 fully saturated rings. The van der Waals surface area contributed by atoms with E-state index in [1.54, 1.807) is 17.9 Å². The number of rotatable bonds is 13. The van der Waals surface area contributed by atoms with Crippen LogP contribution < -0.4 is 19.1 Å². The third-order valence-corrected chi connectivity index (χ3v) is 7.56. The van der Waals surface area contributed by atoms with E-state index in [-0.39, 0.29) is 54.5 Å². The maximum atomic E-state index is 15.4. The van der Waals surface area contributed by atoms with Gasteiger partial charge >= 0.3 is 5.97 Å². The molecule has 0 spiro atoms. The number of benzene rings is 2. The molecule has 42 heavy (non-hydrogen) atoms. The minimum atomic E-state index is -1.03. The number of Topliss-reactive ketones (excluding diaryl/α,β-unsaturated/α-hetero) is 1. The summed E-state index contributed by atoms with van der Waals surface area (Å²) < 4.78 is 32.3. The summed E-state index contributed by atoms with van der Waals surface area (Å²) in [5, 5.41) is 17.9. The second kappa shape index (κ2) is 13.0. The van der Waals surface area contributed by atoms with Crippen molar-refractivity contribution in [3.63, 3.8) is 0 Å². The number of amidine groups is 1. The van der Waals surface area contributed by atoms with Crippen LogP contribution in [0.5, 0.6) is 17.2 Å². The molecule has 0 amide bonds. The number of fused-ring (bicyclic) bond motifs is 1. The lowest BCUT2D eigenvalue weighted by Crippen LogP contribution is -2.30. The van der Waals surface area contributed by atoms with Crippen molar-refractivity contribution in [1.29, 1.82) is 5.41 Å². The third kappa shape index (κ3) is 6.79. The van der Waals surface area contributed by atoms with E-state index in [1.807, 2.05) is 19.1 Å². The van der Waals surface area contributed by atoms with Crippen LogP contribution in [0.3, 0.4) is 0 Å². The third-order valence-electron chi connectivity index (χ3n) is 7.56. The van der Waals surface area contributed by atoms with Crippen molar-refractivity contribution in [2.24, 2.45) is 0 Å². The number of ether oxygens (including phenoxy) is 3. The molecule has 4 rings (SSSR count). The van der Waals surface area contributed by atoms with Crippen LogP contribution in [0, 0.1) is 11.2 Å². The van der Waals surface area contributed by atoms with Crippen molar-refractivity contribution in [1.82, 2.24) is 4.90 Å². The number of carbonyl (C=O) groups excluding carboxylic acids is 1. The zero-order valence-electron chi connectivity index (χ0n) is 25.3. The summed E-state index contributed by atoms with van der Waals surface area (Å²) in [5.74, 6) is -0.877. The normalized spacial score (nSPS) is 14.8. The van der Waals surface area contributed by atoms with E-state index >= 15 is 4.39 Å². The number of ketones is 1. The number of halogens is 1. The Kier molecular flexibility index (Phi) is 9.64. The van der Waals surface area contributed by atoms with Gasteiger partial charge in [0.1, 0.15) is 11.6 Å². The molecule has 9 nitrogen and oxygen atoms in total. The van der Waals surface area contributed by atoms with Crippen molar-refractivity contribution in [2.45, 2.75) is 72.3 Å². The van der Waals surface area contributed by atoms with E-state index < -0.39 is 18.4 Å². The number of carboxylic acids is 1. The average Bonchev–Trinajstić information content (AvgIpc) is 3.56. The quantitative estimate of drug-likeness (QED) is 0.326. The van der Waals surface area contributed by atoms with Gasteiger partial charge in [-0.1, -0.05) is 26.8 Å². The molecule has 0 aliphatic carbocycles. The second-order valence-electron chi connectivity index (χ2n) is 11.8. The minimum absolute atomic E-state index is 0.00438. The Bertz CT molecular complexity index is 1350. The monoisotopic (exact) mass is 583 g/mol. The Balaban J connectivity index is 1.52. The van der Waals surface area contributed by atoms with Crippen LogP contribution in [0.25, 0.3) is 0 Å². The van der Waals surface area contributed by atoms with Gasteiger partial charge in [0.2, 0.25) is 0 Å². The van der Waals surface area contributed by atoms with Crippen molar-refractivity contribution in [2.75, 3.05) is 44.4 Å². The number of carbonyl (C=O) groups is 2. The van der Waals surface area contributed by atoms with Gasteiger partial charge in [-0.05, 0) is 61.8 Å². The van der Waals surface area contributed by atoms with E-state index in [0.717, 1.165) is 42.7 Å². The van der Waals surface area contributed by atoms with Crippen molar-refractivity contribution in [3.05, 3.63) is 46.3 Å². The molecule has 0 atom stereocenters. The van der Waals surface area contributed by atoms with Gasteiger partial charge in [-0.15, -0.1) is 0 Å². The first-order valence-corrected chi connectivity index (χ1v) is 14.7. The molecule has 0 unspecified atom stereocenters. The number of aliphatic carboxylic acids is 1. The van der Waals surface area contributed by atoms with E-state index in [9.17, 15) is 14.7 Å². The van der Waals surface area contributed by atoms with Crippen LogP contribution in [-0.4, -0.2) is 67.0 Å². The van der Waals surface area contributed by atoms with E-state index in [0.29, 0.717) is 30.1 Å². The summed E-state index contributed by atoms with van der Waals surface area (Å²) in [7, 11) is 0. The lowest BCUT2D eigenvalue weighted by Gasteiger charge is -2.29. The molecule has 0 aromatic heterocycles. The zero-order valence-corrected chi connectivity index (χ0v) is 25.3. The Morgan fingerprint density at radius 2 is 1.71 bits per heavy atom. The maximum Gasteiger partial charge on any atom is 0.341 e. The summed E-state index contributed by atoms with van der Waals surface area (Å²) in [6.45, 7) is 11.9. The summed E-state index contributed by atoms with van der Waals surface area (Å²) in [4.78, 5) is 28.3. The van der Waals surface area contributed by atoms with E-state index in [2.05, 4.69) is 25.7 Å². The molecule has 2 aliphatic heterocycles. The van der Waals surface area contributed by atoms with E-state index in [4.69, 9.17) is 19.6 Å². The maximum absolute atomic E-state index is 15.4. The zero-order chi connectivity index (χ0) is 30.6. The fourth-order valence-electron chi connectivity index (χ4n) is 5.59. The summed E-state index contributed by atoms with van der Waals surface area (Å²) in [6.07, 6.45) is 2.83. The Morgan fingerprint density at radius 3 is 2.33 bits per heavy atom. The van der Waals surface area contributed by atoms with Gasteiger partial charge in [0.05, 0.1) is 31.0 Å². The van der Waals surface area contributed by atoms with Gasteiger partial charge in [-0.2, -0.15) is 0 Å². The SMILES string of the molecule is CCOc1cc2c(c(F)c1OCC)C(=N)N(CC(=O)CCc1cc(N3CCCC3)c(OCC(=O)O)c(C(C)(C)C)c1)C2. The predicted molar refractivity (Wildman–Crippen MR) is 159 cm³/mol. The topological polar surface area (TPSA) is 112 Å². The number of anilines is 1. The molecule has 228 valence electrons. The number of hydrogen-bond acceptors (Lipinski definition) is 7. The molecule has 0 bridgehead atoms. The van der Waals surface area contributed by atoms with Crippen molar-refractivity contribution < 1.29 is 33.3 Å². The molecule has 2 N–H and O–H groups in total. The molecule has 2 aliphatic rings. The average molecular weight is 584 g/mol. The minimum Gasteiger partial charge on any atom is -0.490 e. The van der Waals surface area contributed by atoms with E-state index in [1.165, 1.54) is 0 Å². The molecular weight excluding hydrogens is 541 g/mol. The Morgan fingerprint density at radius 1 is 1.02 bits per heavy atom. The van der Waals surface area contributed by atoms with Gasteiger partial charge in [0.15, 0.2) is 29.7 Å². The molecule has 10 heteroatoms. The number of nitrogens with one attached hydrogen (secondary N) is 1. The van der Waals surface area contributed by atoms with Gasteiger partial charge < -0.3 is 29.1 Å². The highest BCUT2D eigenvalue weighted by atomic mass is 19.1. The molecule has 2 heterocycles. The van der Waals surface area contributed by atoms with Gasteiger partial charge in [-0.25, -0.2) is 9.18 Å². The smallest absolute Gasteiger partial charge is 0.341 e. The first kappa shape index (κ1) is 31.1. The molecule has 0 saturated carbocycles. The van der Waals surface area contributed by atoms with Crippen LogP contribution in [-0.2, 0) is 28.0 Å². The summed E-state index contributed by atoms with van der Waals surface area (Å²) >= 11 is 0. The molecular formula is C32H42FN3O6. The van der Waals surface area contributed by atoms with Crippen LogP contribution in [0.1, 0.15) is 76.1 Å². The Hall–Kier alpha value is -3.82. The van der Waals surface area contributed by atoms with Crippen molar-refractivity contribution in [3.8, 4) is 17.2 Å². The first-order chi connectivity index (χ1) is 19.9.